The minimum Gasteiger partial charge on any atom is -0.286 e. The molecule has 0 bridgehead atoms. The molecule has 8 heteroatoms. The second-order valence-corrected chi connectivity index (χ2v) is 4.86. The Morgan fingerprint density at radius 2 is 2.15 bits per heavy atom. The Bertz CT molecular complexity index is 701. The molecule has 0 saturated carbocycles. The Labute approximate surface area is 123 Å². The zero-order chi connectivity index (χ0) is 14.5. The number of anilines is 1. The minimum absolute atomic E-state index is 0.264. The molecule has 0 aliphatic carbocycles. The van der Waals surface area contributed by atoms with Gasteiger partial charge < -0.3 is 0 Å². The number of Topliss-reactive ketones (excluding diaryl/α,β-unsaturated/α-hetero) is 1. The third kappa shape index (κ3) is 3.38. The maximum atomic E-state index is 12.0. The summed E-state index contributed by atoms with van der Waals surface area (Å²) in [4.78, 5) is 16.1. The molecule has 2 rings (SSSR count). The van der Waals surface area contributed by atoms with E-state index in [1.54, 1.807) is 25.1 Å². The fraction of sp³-hybridized carbons (Fsp3) is 0.0833. The quantitative estimate of drug-likeness (QED) is 0.532. The molecule has 1 heterocycles. The van der Waals surface area contributed by atoms with Gasteiger partial charge >= 0.3 is 0 Å². The number of nitrogens with one attached hydrogen (secondary N) is 1. The number of ketones is 1. The largest absolute Gasteiger partial charge is 0.286 e. The van der Waals surface area contributed by atoms with Crippen molar-refractivity contribution in [3.8, 4) is 6.07 Å². The van der Waals surface area contributed by atoms with Crippen molar-refractivity contribution in [3.05, 3.63) is 40.7 Å². The van der Waals surface area contributed by atoms with Crippen LogP contribution in [0.25, 0.3) is 0 Å². The molecule has 0 amide bonds. The highest BCUT2D eigenvalue weighted by molar-refractivity contribution is 7.09. The van der Waals surface area contributed by atoms with E-state index in [-0.39, 0.29) is 5.71 Å². The SMILES string of the molecule is Cc1nsc(N/N=C(\C#N)C(=O)c2ccc(Cl)cc2)n1. The number of hydrogen-bond acceptors (Lipinski definition) is 7. The van der Waals surface area contributed by atoms with Gasteiger partial charge in [0.15, 0.2) is 0 Å². The maximum absolute atomic E-state index is 12.0. The molecule has 1 aromatic carbocycles. The molecular formula is C12H8ClN5OS. The lowest BCUT2D eigenvalue weighted by atomic mass is 10.1. The van der Waals surface area contributed by atoms with Crippen LogP contribution in [0.3, 0.4) is 0 Å². The number of nitrogens with zero attached hydrogens (tertiary/aromatic N) is 4. The van der Waals surface area contributed by atoms with E-state index >= 15 is 0 Å². The summed E-state index contributed by atoms with van der Waals surface area (Å²) in [5.41, 5.74) is 2.62. The van der Waals surface area contributed by atoms with Crippen molar-refractivity contribution in [1.29, 1.82) is 5.26 Å². The van der Waals surface area contributed by atoms with Gasteiger partial charge in [-0.25, -0.2) is 10.4 Å². The van der Waals surface area contributed by atoms with Crippen LogP contribution < -0.4 is 5.43 Å². The number of carbonyl (C=O) groups excluding carboxylic acids is 1. The highest BCUT2D eigenvalue weighted by Gasteiger charge is 2.14. The molecule has 20 heavy (non-hydrogen) atoms. The average Bonchev–Trinajstić information content (AvgIpc) is 2.86. The van der Waals surface area contributed by atoms with Crippen LogP contribution >= 0.6 is 23.1 Å². The summed E-state index contributed by atoms with van der Waals surface area (Å²) in [6.07, 6.45) is 0. The summed E-state index contributed by atoms with van der Waals surface area (Å²) in [7, 11) is 0. The third-order valence-electron chi connectivity index (χ3n) is 2.22. The first-order valence-electron chi connectivity index (χ1n) is 5.44. The lowest BCUT2D eigenvalue weighted by Gasteiger charge is -1.99. The van der Waals surface area contributed by atoms with Crippen LogP contribution in [0.2, 0.25) is 5.02 Å². The van der Waals surface area contributed by atoms with Crippen molar-refractivity contribution < 1.29 is 4.79 Å². The van der Waals surface area contributed by atoms with E-state index in [0.717, 1.165) is 11.5 Å². The third-order valence-corrected chi connectivity index (χ3v) is 3.18. The number of aromatic nitrogens is 2. The standard InChI is InChI=1S/C12H8ClN5OS/c1-7-15-12(20-18-7)17-16-10(6-14)11(19)8-2-4-9(13)5-3-8/h2-5H,1H3,(H,15,17,18)/b16-10+. The van der Waals surface area contributed by atoms with Gasteiger partial charge in [0, 0.05) is 22.1 Å². The van der Waals surface area contributed by atoms with Crippen molar-refractivity contribution in [2.45, 2.75) is 6.92 Å². The number of carbonyl (C=O) groups is 1. The normalized spacial score (nSPS) is 10.9. The number of hydrogen-bond donors (Lipinski definition) is 1. The number of hydrazone groups is 1. The van der Waals surface area contributed by atoms with Crippen LogP contribution in [0.4, 0.5) is 5.13 Å². The lowest BCUT2D eigenvalue weighted by Crippen LogP contribution is -2.14. The summed E-state index contributed by atoms with van der Waals surface area (Å²) in [6.45, 7) is 1.73. The first kappa shape index (κ1) is 14.1. The molecule has 0 atom stereocenters. The molecule has 0 spiro atoms. The number of rotatable bonds is 4. The molecule has 0 fully saturated rings. The van der Waals surface area contributed by atoms with E-state index in [9.17, 15) is 4.79 Å². The van der Waals surface area contributed by atoms with Gasteiger partial charge in [-0.3, -0.25) is 4.79 Å². The number of aryl methyl sites for hydroxylation is 1. The van der Waals surface area contributed by atoms with Gasteiger partial charge in [0.2, 0.25) is 16.6 Å². The monoisotopic (exact) mass is 305 g/mol. The van der Waals surface area contributed by atoms with Gasteiger partial charge in [0.25, 0.3) is 0 Å². The maximum Gasteiger partial charge on any atom is 0.223 e. The van der Waals surface area contributed by atoms with Gasteiger partial charge in [-0.2, -0.15) is 14.7 Å². The molecular weight excluding hydrogens is 298 g/mol. The van der Waals surface area contributed by atoms with E-state index < -0.39 is 5.78 Å². The molecule has 6 nitrogen and oxygen atoms in total. The van der Waals surface area contributed by atoms with Crippen LogP contribution in [0.5, 0.6) is 0 Å². The Morgan fingerprint density at radius 1 is 1.45 bits per heavy atom. The Morgan fingerprint density at radius 3 is 2.70 bits per heavy atom. The first-order valence-corrected chi connectivity index (χ1v) is 6.59. The Hall–Kier alpha value is -2.30. The highest BCUT2D eigenvalue weighted by atomic mass is 35.5. The fourth-order valence-electron chi connectivity index (χ4n) is 1.31. The summed E-state index contributed by atoms with van der Waals surface area (Å²) >= 11 is 6.83. The molecule has 2 aromatic rings. The van der Waals surface area contributed by atoms with Gasteiger partial charge in [0.1, 0.15) is 11.9 Å². The summed E-state index contributed by atoms with van der Waals surface area (Å²) in [5, 5.41) is 13.7. The molecule has 0 radical (unpaired) electrons. The zero-order valence-corrected chi connectivity index (χ0v) is 11.9. The Balaban J connectivity index is 2.17. The first-order chi connectivity index (χ1) is 9.60. The predicted molar refractivity (Wildman–Crippen MR) is 77.1 cm³/mol. The molecule has 0 aliphatic heterocycles. The van der Waals surface area contributed by atoms with E-state index in [0.29, 0.717) is 21.5 Å². The van der Waals surface area contributed by atoms with Gasteiger partial charge in [-0.05, 0) is 31.2 Å². The predicted octanol–water partition coefficient (Wildman–Crippen LogP) is 2.67. The van der Waals surface area contributed by atoms with Crippen molar-refractivity contribution >= 4 is 39.8 Å². The average molecular weight is 306 g/mol. The van der Waals surface area contributed by atoms with E-state index in [4.69, 9.17) is 16.9 Å². The van der Waals surface area contributed by atoms with E-state index in [2.05, 4.69) is 19.9 Å². The van der Waals surface area contributed by atoms with Crippen LogP contribution in [0.1, 0.15) is 16.2 Å². The molecule has 0 saturated heterocycles. The topological polar surface area (TPSA) is 91.0 Å². The Kier molecular flexibility index (Phi) is 4.40. The zero-order valence-electron chi connectivity index (χ0n) is 10.3. The van der Waals surface area contributed by atoms with Crippen LogP contribution in [-0.4, -0.2) is 20.9 Å². The molecule has 1 N–H and O–H groups in total. The summed E-state index contributed by atoms with van der Waals surface area (Å²) in [6, 6.07) is 7.97. The van der Waals surface area contributed by atoms with Crippen LogP contribution in [0.15, 0.2) is 29.4 Å². The molecule has 1 aromatic heterocycles. The second-order valence-electron chi connectivity index (χ2n) is 3.67. The van der Waals surface area contributed by atoms with E-state index in [1.807, 2.05) is 0 Å². The van der Waals surface area contributed by atoms with Crippen molar-refractivity contribution in [2.75, 3.05) is 5.43 Å². The van der Waals surface area contributed by atoms with Crippen LogP contribution in [0, 0.1) is 18.3 Å². The van der Waals surface area contributed by atoms with Gasteiger partial charge in [-0.15, -0.1) is 0 Å². The van der Waals surface area contributed by atoms with Crippen LogP contribution in [-0.2, 0) is 0 Å². The van der Waals surface area contributed by atoms with Gasteiger partial charge in [-0.1, -0.05) is 11.6 Å². The minimum atomic E-state index is -0.488. The second kappa shape index (κ2) is 6.23. The van der Waals surface area contributed by atoms with Crippen molar-refractivity contribution in [2.24, 2.45) is 5.10 Å². The molecule has 0 aliphatic rings. The van der Waals surface area contributed by atoms with Crippen molar-refractivity contribution in [1.82, 2.24) is 9.36 Å². The summed E-state index contributed by atoms with van der Waals surface area (Å²) < 4.78 is 3.95. The van der Waals surface area contributed by atoms with Gasteiger partial charge in [0.05, 0.1) is 0 Å². The summed E-state index contributed by atoms with van der Waals surface area (Å²) in [5.74, 6) is 0.105. The molecule has 100 valence electrons. The fourth-order valence-corrected chi connectivity index (χ4v) is 1.96. The number of halogens is 1. The van der Waals surface area contributed by atoms with Crippen molar-refractivity contribution in [3.63, 3.8) is 0 Å². The lowest BCUT2D eigenvalue weighted by molar-refractivity contribution is 0.106. The molecule has 0 unspecified atom stereocenters. The number of benzene rings is 1. The smallest absolute Gasteiger partial charge is 0.223 e. The van der Waals surface area contributed by atoms with E-state index in [1.165, 1.54) is 12.1 Å². The highest BCUT2D eigenvalue weighted by Crippen LogP contribution is 2.12. The number of nitriles is 1.